The molecule has 1 aliphatic rings. The van der Waals surface area contributed by atoms with Gasteiger partial charge in [-0.1, -0.05) is 12.1 Å². The number of nitrogens with one attached hydrogen (secondary N) is 1. The molecule has 2 N–H and O–H groups in total. The van der Waals surface area contributed by atoms with Crippen LogP contribution in [-0.2, 0) is 4.79 Å². The summed E-state index contributed by atoms with van der Waals surface area (Å²) in [7, 11) is 0. The minimum absolute atomic E-state index is 0.0000976. The molecule has 1 fully saturated rings. The molecule has 5 nitrogen and oxygen atoms in total. The number of rotatable bonds is 5. The molecular formula is C18H26N2O3. The first-order valence-electron chi connectivity index (χ1n) is 8.41. The average molecular weight is 318 g/mol. The van der Waals surface area contributed by atoms with E-state index in [4.69, 9.17) is 0 Å². The maximum absolute atomic E-state index is 12.3. The predicted octanol–water partition coefficient (Wildman–Crippen LogP) is 2.34. The van der Waals surface area contributed by atoms with E-state index in [1.54, 1.807) is 4.90 Å². The monoisotopic (exact) mass is 318 g/mol. The van der Waals surface area contributed by atoms with Crippen LogP contribution in [0.15, 0.2) is 24.3 Å². The van der Waals surface area contributed by atoms with Crippen LogP contribution in [0.5, 0.6) is 0 Å². The molecule has 2 unspecified atom stereocenters. The third-order valence-electron chi connectivity index (χ3n) is 4.70. The van der Waals surface area contributed by atoms with Crippen molar-refractivity contribution >= 4 is 11.9 Å². The van der Waals surface area contributed by atoms with Gasteiger partial charge in [0.2, 0.25) is 0 Å². The topological polar surface area (TPSA) is 69.6 Å². The lowest BCUT2D eigenvalue weighted by molar-refractivity contribution is -0.142. The van der Waals surface area contributed by atoms with E-state index in [1.165, 1.54) is 0 Å². The van der Waals surface area contributed by atoms with E-state index in [0.717, 1.165) is 25.1 Å². The molecule has 1 saturated heterocycles. The zero-order valence-electron chi connectivity index (χ0n) is 13.9. The van der Waals surface area contributed by atoms with Crippen molar-refractivity contribution in [2.75, 3.05) is 26.2 Å². The standard InChI is InChI=1S/C18H26N2O3/c1-3-20(4-2)17(21)14-7-5-13(6-8-14)15-9-11-19-12-10-16(15)18(22)23/h5-8,15-16,19H,3-4,9-12H2,1-2H3,(H,22,23). The predicted molar refractivity (Wildman–Crippen MR) is 89.7 cm³/mol. The summed E-state index contributed by atoms with van der Waals surface area (Å²) in [4.78, 5) is 25.7. The SMILES string of the molecule is CCN(CC)C(=O)c1ccc(C2CCNCCC2C(=O)O)cc1. The molecule has 1 aromatic carbocycles. The van der Waals surface area contributed by atoms with Gasteiger partial charge >= 0.3 is 5.97 Å². The van der Waals surface area contributed by atoms with Gasteiger partial charge in [-0.15, -0.1) is 0 Å². The quantitative estimate of drug-likeness (QED) is 0.874. The normalized spacial score (nSPS) is 21.5. The average Bonchev–Trinajstić information content (AvgIpc) is 2.82. The highest BCUT2D eigenvalue weighted by atomic mass is 16.4. The molecule has 126 valence electrons. The summed E-state index contributed by atoms with van der Waals surface area (Å²) in [5.74, 6) is -1.07. The second-order valence-electron chi connectivity index (χ2n) is 5.98. The first-order chi connectivity index (χ1) is 11.1. The second kappa shape index (κ2) is 8.11. The minimum atomic E-state index is -0.734. The molecule has 0 saturated carbocycles. The molecule has 1 amide bonds. The lowest BCUT2D eigenvalue weighted by Gasteiger charge is -2.22. The lowest BCUT2D eigenvalue weighted by Crippen LogP contribution is -2.30. The number of carboxylic acids is 1. The Balaban J connectivity index is 2.20. The molecule has 5 heteroatoms. The fraction of sp³-hybridized carbons (Fsp3) is 0.556. The molecule has 0 aliphatic carbocycles. The molecule has 2 rings (SSSR count). The number of carbonyl (C=O) groups excluding carboxylic acids is 1. The van der Waals surface area contributed by atoms with Crippen molar-refractivity contribution in [2.24, 2.45) is 5.92 Å². The first-order valence-corrected chi connectivity index (χ1v) is 8.41. The third kappa shape index (κ3) is 4.10. The number of hydrogen-bond donors (Lipinski definition) is 2. The van der Waals surface area contributed by atoms with Crippen LogP contribution in [-0.4, -0.2) is 48.1 Å². The zero-order valence-corrected chi connectivity index (χ0v) is 13.9. The van der Waals surface area contributed by atoms with Crippen molar-refractivity contribution < 1.29 is 14.7 Å². The van der Waals surface area contributed by atoms with Crippen molar-refractivity contribution in [3.05, 3.63) is 35.4 Å². The van der Waals surface area contributed by atoms with Crippen LogP contribution in [0.4, 0.5) is 0 Å². The number of amides is 1. The number of nitrogens with zero attached hydrogens (tertiary/aromatic N) is 1. The largest absolute Gasteiger partial charge is 0.481 e. The Bertz CT molecular complexity index is 538. The highest BCUT2D eigenvalue weighted by Gasteiger charge is 2.30. The molecule has 0 spiro atoms. The van der Waals surface area contributed by atoms with E-state index >= 15 is 0 Å². The minimum Gasteiger partial charge on any atom is -0.481 e. The fourth-order valence-electron chi connectivity index (χ4n) is 3.30. The number of carboxylic acid groups (broad SMARTS) is 1. The maximum atomic E-state index is 12.3. The summed E-state index contributed by atoms with van der Waals surface area (Å²) < 4.78 is 0. The van der Waals surface area contributed by atoms with Crippen molar-refractivity contribution in [2.45, 2.75) is 32.6 Å². The van der Waals surface area contributed by atoms with Gasteiger partial charge < -0.3 is 15.3 Å². The van der Waals surface area contributed by atoms with Gasteiger partial charge in [0.05, 0.1) is 5.92 Å². The molecule has 0 bridgehead atoms. The van der Waals surface area contributed by atoms with E-state index in [9.17, 15) is 14.7 Å². The van der Waals surface area contributed by atoms with Gasteiger partial charge in [0.15, 0.2) is 0 Å². The Morgan fingerprint density at radius 3 is 2.30 bits per heavy atom. The van der Waals surface area contributed by atoms with Gasteiger partial charge in [-0.05, 0) is 63.4 Å². The van der Waals surface area contributed by atoms with Crippen molar-refractivity contribution in [3.8, 4) is 0 Å². The van der Waals surface area contributed by atoms with Crippen LogP contribution >= 0.6 is 0 Å². The van der Waals surface area contributed by atoms with Gasteiger partial charge in [0.25, 0.3) is 5.91 Å². The fourth-order valence-corrected chi connectivity index (χ4v) is 3.30. The molecular weight excluding hydrogens is 292 g/mol. The smallest absolute Gasteiger partial charge is 0.307 e. The number of hydrogen-bond acceptors (Lipinski definition) is 3. The summed E-state index contributed by atoms with van der Waals surface area (Å²) in [6, 6.07) is 7.49. The van der Waals surface area contributed by atoms with Crippen LogP contribution in [0.3, 0.4) is 0 Å². The van der Waals surface area contributed by atoms with E-state index in [-0.39, 0.29) is 17.7 Å². The molecule has 2 atom stereocenters. The molecule has 1 heterocycles. The van der Waals surface area contributed by atoms with Crippen molar-refractivity contribution in [3.63, 3.8) is 0 Å². The summed E-state index contributed by atoms with van der Waals surface area (Å²) in [6.45, 7) is 6.87. The van der Waals surface area contributed by atoms with Crippen molar-refractivity contribution in [1.82, 2.24) is 10.2 Å². The van der Waals surface area contributed by atoms with E-state index in [0.29, 0.717) is 25.1 Å². The molecule has 1 aliphatic heterocycles. The molecule has 23 heavy (non-hydrogen) atoms. The highest BCUT2D eigenvalue weighted by Crippen LogP contribution is 2.32. The van der Waals surface area contributed by atoms with E-state index in [1.807, 2.05) is 38.1 Å². The lowest BCUT2D eigenvalue weighted by atomic mass is 9.82. The summed E-state index contributed by atoms with van der Waals surface area (Å²) in [5.41, 5.74) is 1.67. The van der Waals surface area contributed by atoms with Crippen molar-refractivity contribution in [1.29, 1.82) is 0 Å². The Hall–Kier alpha value is -1.88. The molecule has 0 radical (unpaired) electrons. The number of benzene rings is 1. The van der Waals surface area contributed by atoms with Crippen LogP contribution < -0.4 is 5.32 Å². The number of aliphatic carboxylic acids is 1. The Labute approximate surface area is 137 Å². The van der Waals surface area contributed by atoms with Gasteiger partial charge in [0.1, 0.15) is 0 Å². The van der Waals surface area contributed by atoms with Gasteiger partial charge in [-0.2, -0.15) is 0 Å². The van der Waals surface area contributed by atoms with Gasteiger partial charge in [-0.3, -0.25) is 9.59 Å². The summed E-state index contributed by atoms with van der Waals surface area (Å²) in [5, 5.41) is 12.8. The Morgan fingerprint density at radius 2 is 1.74 bits per heavy atom. The second-order valence-corrected chi connectivity index (χ2v) is 5.98. The Morgan fingerprint density at radius 1 is 1.13 bits per heavy atom. The summed E-state index contributed by atoms with van der Waals surface area (Å²) >= 11 is 0. The van der Waals surface area contributed by atoms with Gasteiger partial charge in [-0.25, -0.2) is 0 Å². The van der Waals surface area contributed by atoms with E-state index < -0.39 is 5.97 Å². The van der Waals surface area contributed by atoms with E-state index in [2.05, 4.69) is 5.32 Å². The maximum Gasteiger partial charge on any atom is 0.307 e. The summed E-state index contributed by atoms with van der Waals surface area (Å²) in [6.07, 6.45) is 1.44. The Kier molecular flexibility index (Phi) is 6.16. The first kappa shape index (κ1) is 17.5. The van der Waals surface area contributed by atoms with Gasteiger partial charge in [0, 0.05) is 18.7 Å². The van der Waals surface area contributed by atoms with Crippen LogP contribution in [0.1, 0.15) is 48.5 Å². The molecule has 1 aromatic rings. The van der Waals surface area contributed by atoms with Crippen LogP contribution in [0, 0.1) is 5.92 Å². The number of carbonyl (C=O) groups is 2. The molecule has 0 aromatic heterocycles. The zero-order chi connectivity index (χ0) is 16.8. The van der Waals surface area contributed by atoms with Crippen LogP contribution in [0.25, 0.3) is 0 Å². The highest BCUT2D eigenvalue weighted by molar-refractivity contribution is 5.94. The third-order valence-corrected chi connectivity index (χ3v) is 4.70. The van der Waals surface area contributed by atoms with Crippen LogP contribution in [0.2, 0.25) is 0 Å².